The Morgan fingerprint density at radius 1 is 1.10 bits per heavy atom. The van der Waals surface area contributed by atoms with E-state index in [0.717, 1.165) is 12.1 Å². The van der Waals surface area contributed by atoms with Gasteiger partial charge in [0.15, 0.2) is 11.6 Å². The molecule has 1 aliphatic rings. The van der Waals surface area contributed by atoms with Crippen molar-refractivity contribution in [3.63, 3.8) is 0 Å². The van der Waals surface area contributed by atoms with E-state index in [1.807, 2.05) is 0 Å². The van der Waals surface area contributed by atoms with Gasteiger partial charge >= 0.3 is 0 Å². The predicted molar refractivity (Wildman–Crippen MR) is 65.3 cm³/mol. The largest absolute Gasteiger partial charge is 0.550 e. The summed E-state index contributed by atoms with van der Waals surface area (Å²) in [4.78, 5) is 23.0. The lowest BCUT2D eigenvalue weighted by Crippen LogP contribution is -2.41. The molecule has 4 nitrogen and oxygen atoms in total. The molecule has 0 radical (unpaired) electrons. The Labute approximate surface area is 114 Å². The summed E-state index contributed by atoms with van der Waals surface area (Å²) >= 11 is 0. The van der Waals surface area contributed by atoms with E-state index in [1.165, 1.54) is 6.07 Å². The van der Waals surface area contributed by atoms with E-state index in [-0.39, 0.29) is 18.5 Å². The molecule has 2 atom stereocenters. The Hall–Kier alpha value is -2.24. The van der Waals surface area contributed by atoms with E-state index < -0.39 is 35.3 Å². The van der Waals surface area contributed by atoms with Crippen LogP contribution in [0.25, 0.3) is 0 Å². The van der Waals surface area contributed by atoms with Gasteiger partial charge in [-0.05, 0) is 25.0 Å². The molecule has 1 amide bonds. The molecule has 1 aliphatic carbocycles. The van der Waals surface area contributed by atoms with Crippen molar-refractivity contribution in [2.24, 2.45) is 11.8 Å². The maximum atomic E-state index is 13.0. The van der Waals surface area contributed by atoms with Gasteiger partial charge in [0, 0.05) is 23.6 Å². The minimum atomic E-state index is -1.29. The molecule has 2 rings (SSSR count). The van der Waals surface area contributed by atoms with Crippen LogP contribution in [0, 0.1) is 23.5 Å². The molecule has 6 heteroatoms. The summed E-state index contributed by atoms with van der Waals surface area (Å²) in [6.45, 7) is 0. The summed E-state index contributed by atoms with van der Waals surface area (Å²) in [6.07, 6.45) is 3.89. The van der Waals surface area contributed by atoms with Crippen LogP contribution in [0.2, 0.25) is 0 Å². The van der Waals surface area contributed by atoms with Crippen LogP contribution < -0.4 is 10.4 Å². The highest BCUT2D eigenvalue weighted by molar-refractivity contribution is 5.95. The van der Waals surface area contributed by atoms with Gasteiger partial charge in [-0.1, -0.05) is 12.2 Å². The topological polar surface area (TPSA) is 69.2 Å². The van der Waals surface area contributed by atoms with Gasteiger partial charge in [-0.3, -0.25) is 4.79 Å². The van der Waals surface area contributed by atoms with Crippen LogP contribution >= 0.6 is 0 Å². The number of benzene rings is 1. The molecule has 0 spiro atoms. The molecule has 106 valence electrons. The number of carboxylic acids is 1. The number of hydrogen-bond donors (Lipinski definition) is 1. The molecular weight excluding hydrogens is 268 g/mol. The second-order valence-electron chi connectivity index (χ2n) is 4.59. The van der Waals surface area contributed by atoms with Crippen LogP contribution in [0.3, 0.4) is 0 Å². The van der Waals surface area contributed by atoms with Crippen molar-refractivity contribution >= 4 is 17.6 Å². The van der Waals surface area contributed by atoms with E-state index >= 15 is 0 Å². The molecule has 0 aliphatic heterocycles. The minimum Gasteiger partial charge on any atom is -0.550 e. The third-order valence-corrected chi connectivity index (χ3v) is 3.26. The highest BCUT2D eigenvalue weighted by atomic mass is 19.2. The Kier molecular flexibility index (Phi) is 4.12. The molecule has 0 saturated carbocycles. The van der Waals surface area contributed by atoms with Gasteiger partial charge in [-0.15, -0.1) is 0 Å². The first kappa shape index (κ1) is 14.2. The predicted octanol–water partition coefficient (Wildman–Crippen LogP) is 1.24. The van der Waals surface area contributed by atoms with Crippen molar-refractivity contribution in [2.45, 2.75) is 12.8 Å². The van der Waals surface area contributed by atoms with Crippen LogP contribution in [-0.2, 0) is 9.59 Å². The van der Waals surface area contributed by atoms with Gasteiger partial charge < -0.3 is 15.2 Å². The average Bonchev–Trinajstić information content (AvgIpc) is 2.43. The van der Waals surface area contributed by atoms with Crippen LogP contribution in [0.4, 0.5) is 14.5 Å². The van der Waals surface area contributed by atoms with Crippen LogP contribution in [0.15, 0.2) is 30.4 Å². The third-order valence-electron chi connectivity index (χ3n) is 3.26. The van der Waals surface area contributed by atoms with Crippen LogP contribution in [0.1, 0.15) is 12.8 Å². The summed E-state index contributed by atoms with van der Waals surface area (Å²) in [5, 5.41) is 13.4. The van der Waals surface area contributed by atoms with E-state index in [2.05, 4.69) is 5.32 Å². The average molecular weight is 280 g/mol. The zero-order chi connectivity index (χ0) is 14.7. The lowest BCUT2D eigenvalue weighted by molar-refractivity contribution is -0.313. The van der Waals surface area contributed by atoms with E-state index in [4.69, 9.17) is 0 Å². The summed E-state index contributed by atoms with van der Waals surface area (Å²) in [5.41, 5.74) is 0.0838. The highest BCUT2D eigenvalue weighted by Crippen LogP contribution is 2.26. The number of carbonyl (C=O) groups excluding carboxylic acids is 2. The number of nitrogens with one attached hydrogen (secondary N) is 1. The van der Waals surface area contributed by atoms with Crippen LogP contribution in [-0.4, -0.2) is 11.9 Å². The molecule has 1 aromatic rings. The number of carbonyl (C=O) groups is 2. The number of rotatable bonds is 3. The van der Waals surface area contributed by atoms with E-state index in [9.17, 15) is 23.5 Å². The quantitative estimate of drug-likeness (QED) is 0.847. The monoisotopic (exact) mass is 280 g/mol. The number of anilines is 1. The summed E-state index contributed by atoms with van der Waals surface area (Å²) < 4.78 is 25.8. The van der Waals surface area contributed by atoms with Crippen molar-refractivity contribution in [3.05, 3.63) is 42.0 Å². The maximum Gasteiger partial charge on any atom is 0.228 e. The molecule has 0 aromatic heterocycles. The second-order valence-corrected chi connectivity index (χ2v) is 4.59. The first-order chi connectivity index (χ1) is 9.49. The third kappa shape index (κ3) is 3.01. The fourth-order valence-corrected chi connectivity index (χ4v) is 2.17. The van der Waals surface area contributed by atoms with Gasteiger partial charge in [0.1, 0.15) is 0 Å². The summed E-state index contributed by atoms with van der Waals surface area (Å²) in [6, 6.07) is 2.95. The maximum absolute atomic E-state index is 13.0. The fourth-order valence-electron chi connectivity index (χ4n) is 2.17. The molecule has 0 unspecified atom stereocenters. The zero-order valence-corrected chi connectivity index (χ0v) is 10.4. The van der Waals surface area contributed by atoms with Gasteiger partial charge in [0.25, 0.3) is 0 Å². The van der Waals surface area contributed by atoms with Gasteiger partial charge in [-0.25, -0.2) is 8.78 Å². The zero-order valence-electron chi connectivity index (χ0n) is 10.4. The molecule has 20 heavy (non-hydrogen) atoms. The Morgan fingerprint density at radius 2 is 1.75 bits per heavy atom. The summed E-state index contributed by atoms with van der Waals surface area (Å²) in [5.74, 6) is -5.63. The number of halogens is 2. The molecule has 1 N–H and O–H groups in total. The lowest BCUT2D eigenvalue weighted by atomic mass is 9.82. The Balaban J connectivity index is 2.12. The lowest BCUT2D eigenvalue weighted by Gasteiger charge is -2.28. The standard InChI is InChI=1S/C14H13F2NO3/c15-11-6-5-8(7-12(11)16)17-13(18)9-3-1-2-4-10(9)14(19)20/h1-2,5-7,9-10H,3-4H2,(H,17,18)(H,19,20)/p-1/t9-,10+/m1/s1. The van der Waals surface area contributed by atoms with Crippen molar-refractivity contribution < 1.29 is 23.5 Å². The fraction of sp³-hybridized carbons (Fsp3) is 0.286. The first-order valence-corrected chi connectivity index (χ1v) is 6.11. The molecule has 0 fully saturated rings. The Bertz CT molecular complexity index is 572. The second kappa shape index (κ2) is 5.81. The Morgan fingerprint density at radius 3 is 2.35 bits per heavy atom. The molecule has 0 bridgehead atoms. The van der Waals surface area contributed by atoms with Crippen molar-refractivity contribution in [1.29, 1.82) is 0 Å². The van der Waals surface area contributed by atoms with Crippen molar-refractivity contribution in [1.82, 2.24) is 0 Å². The number of aliphatic carboxylic acids is 1. The van der Waals surface area contributed by atoms with E-state index in [1.54, 1.807) is 12.2 Å². The smallest absolute Gasteiger partial charge is 0.228 e. The SMILES string of the molecule is O=C([O-])[C@H]1CC=CC[C@H]1C(=O)Nc1ccc(F)c(F)c1. The van der Waals surface area contributed by atoms with Crippen LogP contribution in [0.5, 0.6) is 0 Å². The number of carboxylic acid groups (broad SMARTS) is 1. The molecule has 1 aromatic carbocycles. The van der Waals surface area contributed by atoms with Gasteiger partial charge in [0.05, 0.1) is 5.92 Å². The first-order valence-electron chi connectivity index (χ1n) is 6.11. The molecule has 0 saturated heterocycles. The van der Waals surface area contributed by atoms with Crippen molar-refractivity contribution in [2.75, 3.05) is 5.32 Å². The number of allylic oxidation sites excluding steroid dienone is 2. The normalized spacial score (nSPS) is 21.5. The highest BCUT2D eigenvalue weighted by Gasteiger charge is 2.29. The van der Waals surface area contributed by atoms with E-state index in [0.29, 0.717) is 0 Å². The van der Waals surface area contributed by atoms with Gasteiger partial charge in [-0.2, -0.15) is 0 Å². The summed E-state index contributed by atoms with van der Waals surface area (Å²) in [7, 11) is 0. The molecular formula is C14H12F2NO3-. The number of hydrogen-bond acceptors (Lipinski definition) is 3. The number of amides is 1. The van der Waals surface area contributed by atoms with Gasteiger partial charge in [0.2, 0.25) is 5.91 Å². The molecule has 0 heterocycles. The van der Waals surface area contributed by atoms with Crippen molar-refractivity contribution in [3.8, 4) is 0 Å². The minimum absolute atomic E-state index is 0.0838.